The molecule has 0 unspecified atom stereocenters. The fraction of sp³-hybridized carbons (Fsp3) is 0.139. The monoisotopic (exact) mass is 695 g/mol. The Balaban J connectivity index is 1.38. The minimum absolute atomic E-state index is 0.261. The smallest absolute Gasteiger partial charge is 0.271 e. The minimum atomic E-state index is -0.721. The number of amides is 1. The number of nitrogens with zero attached hydrogens (tertiary/aromatic N) is 2. The molecule has 0 bridgehead atoms. The maximum absolute atomic E-state index is 14.1. The molecular weight excluding hydrogens is 666 g/mol. The maximum atomic E-state index is 14.1. The van der Waals surface area contributed by atoms with Crippen LogP contribution in [-0.4, -0.2) is 24.7 Å². The Kier molecular flexibility index (Phi) is 9.18. The van der Waals surface area contributed by atoms with Crippen LogP contribution < -0.4 is 34.4 Å². The van der Waals surface area contributed by atoms with Gasteiger partial charge in [0.1, 0.15) is 12.4 Å². The Morgan fingerprint density at radius 2 is 1.74 bits per heavy atom. The Bertz CT molecular complexity index is 2120. The van der Waals surface area contributed by atoms with Gasteiger partial charge in [0.15, 0.2) is 16.3 Å². The van der Waals surface area contributed by atoms with Crippen molar-refractivity contribution in [1.82, 2.24) is 4.57 Å². The minimum Gasteiger partial charge on any atom is -0.497 e. The molecule has 1 aromatic heterocycles. The molecule has 0 radical (unpaired) electrons. The Labute approximate surface area is 278 Å². The number of hydrogen-bond donors (Lipinski definition) is 1. The van der Waals surface area contributed by atoms with Gasteiger partial charge in [-0.25, -0.2) is 4.99 Å². The largest absolute Gasteiger partial charge is 0.497 e. The SMILES string of the molecule is COc1cccc([C@H]2C(C(=O)Nc3ccccc3)=C(C)N=c3s/c(=C\c4ccc(OCc5ccc(Br)cc5)c(OC)c4)c(=O)n32)c1. The van der Waals surface area contributed by atoms with Gasteiger partial charge in [-0.2, -0.15) is 0 Å². The average molecular weight is 697 g/mol. The van der Waals surface area contributed by atoms with Crippen LogP contribution in [0.5, 0.6) is 17.2 Å². The van der Waals surface area contributed by atoms with Crippen molar-refractivity contribution in [2.75, 3.05) is 19.5 Å². The van der Waals surface area contributed by atoms with Crippen molar-refractivity contribution >= 4 is 44.9 Å². The summed E-state index contributed by atoms with van der Waals surface area (Å²) in [7, 11) is 3.17. The van der Waals surface area contributed by atoms with Gasteiger partial charge in [-0.1, -0.05) is 75.8 Å². The Morgan fingerprint density at radius 1 is 0.957 bits per heavy atom. The third-order valence-electron chi connectivity index (χ3n) is 7.50. The number of carbonyl (C=O) groups excluding carboxylic acids is 1. The number of methoxy groups -OCH3 is 2. The molecule has 4 aromatic carbocycles. The van der Waals surface area contributed by atoms with Gasteiger partial charge in [0.05, 0.1) is 36.1 Å². The number of fused-ring (bicyclic) bond motifs is 1. The third kappa shape index (κ3) is 6.54. The molecule has 0 aliphatic carbocycles. The van der Waals surface area contributed by atoms with Crippen LogP contribution in [0.3, 0.4) is 0 Å². The van der Waals surface area contributed by atoms with Gasteiger partial charge in [-0.3, -0.25) is 14.2 Å². The quantitative estimate of drug-likeness (QED) is 0.197. The van der Waals surface area contributed by atoms with Crippen molar-refractivity contribution in [3.05, 3.63) is 149 Å². The summed E-state index contributed by atoms with van der Waals surface area (Å²) in [4.78, 5) is 33.2. The maximum Gasteiger partial charge on any atom is 0.271 e. The molecular formula is C36H30BrN3O5S. The zero-order chi connectivity index (χ0) is 32.2. The number of nitrogens with one attached hydrogen (secondary N) is 1. The highest BCUT2D eigenvalue weighted by Crippen LogP contribution is 2.33. The fourth-order valence-electron chi connectivity index (χ4n) is 5.25. The first kappa shape index (κ1) is 31.1. The van der Waals surface area contributed by atoms with E-state index in [9.17, 15) is 9.59 Å². The number of thiazole rings is 1. The number of carbonyl (C=O) groups is 1. The second-order valence-corrected chi connectivity index (χ2v) is 12.4. The number of benzene rings is 4. The van der Waals surface area contributed by atoms with Gasteiger partial charge < -0.3 is 19.5 Å². The van der Waals surface area contributed by atoms with Crippen LogP contribution >= 0.6 is 27.3 Å². The molecule has 0 saturated carbocycles. The van der Waals surface area contributed by atoms with E-state index in [1.165, 1.54) is 11.3 Å². The van der Waals surface area contributed by atoms with E-state index in [1.54, 1.807) is 31.8 Å². The van der Waals surface area contributed by atoms with E-state index < -0.39 is 6.04 Å². The number of allylic oxidation sites excluding steroid dienone is 1. The van der Waals surface area contributed by atoms with Gasteiger partial charge in [0, 0.05) is 10.2 Å². The number of aromatic nitrogens is 1. The fourth-order valence-corrected chi connectivity index (χ4v) is 6.56. The zero-order valence-corrected chi connectivity index (χ0v) is 27.7. The number of anilines is 1. The molecule has 1 aliphatic rings. The molecule has 0 fully saturated rings. The lowest BCUT2D eigenvalue weighted by Gasteiger charge is -2.25. The molecule has 0 saturated heterocycles. The summed E-state index contributed by atoms with van der Waals surface area (Å²) in [6.45, 7) is 2.17. The molecule has 6 rings (SSSR count). The summed E-state index contributed by atoms with van der Waals surface area (Å²) in [5, 5.41) is 2.97. The van der Waals surface area contributed by atoms with Crippen LogP contribution in [0.2, 0.25) is 0 Å². The summed E-state index contributed by atoms with van der Waals surface area (Å²) >= 11 is 4.72. The first-order chi connectivity index (χ1) is 22.3. The molecule has 8 nitrogen and oxygen atoms in total. The summed E-state index contributed by atoms with van der Waals surface area (Å²) < 4.78 is 20.2. The van der Waals surface area contributed by atoms with Gasteiger partial charge in [0.2, 0.25) is 0 Å². The van der Waals surface area contributed by atoms with E-state index in [-0.39, 0.29) is 11.5 Å². The highest BCUT2D eigenvalue weighted by molar-refractivity contribution is 9.10. The van der Waals surface area contributed by atoms with Crippen LogP contribution in [0.15, 0.2) is 123 Å². The average Bonchev–Trinajstić information content (AvgIpc) is 3.38. The molecule has 5 aromatic rings. The topological polar surface area (TPSA) is 91.2 Å². The van der Waals surface area contributed by atoms with E-state index in [1.807, 2.05) is 97.1 Å². The molecule has 46 heavy (non-hydrogen) atoms. The van der Waals surface area contributed by atoms with E-state index in [4.69, 9.17) is 19.2 Å². The number of rotatable bonds is 9. The zero-order valence-electron chi connectivity index (χ0n) is 25.3. The lowest BCUT2D eigenvalue weighted by atomic mass is 9.95. The van der Waals surface area contributed by atoms with E-state index in [0.29, 0.717) is 50.1 Å². The van der Waals surface area contributed by atoms with Crippen molar-refractivity contribution in [3.8, 4) is 17.2 Å². The van der Waals surface area contributed by atoms with Crippen LogP contribution in [-0.2, 0) is 11.4 Å². The Hall–Kier alpha value is -4.93. The lowest BCUT2D eigenvalue weighted by molar-refractivity contribution is -0.113. The first-order valence-corrected chi connectivity index (χ1v) is 16.0. The molecule has 232 valence electrons. The number of ether oxygens (including phenoxy) is 3. The summed E-state index contributed by atoms with van der Waals surface area (Å²) in [6, 6.07) is 29.3. The standard InChI is InChI=1S/C36H30BrN3O5S/c1-22-32(34(41)39-27-9-5-4-6-10-27)33(25-8-7-11-28(20-25)43-2)40-35(42)31(46-36(40)38-22)19-24-14-17-29(30(18-24)44-3)45-21-23-12-15-26(37)16-13-23/h4-20,33H,21H2,1-3H3,(H,39,41)/b31-19-/t33-/m0/s1. The number of halogens is 1. The van der Waals surface area contributed by atoms with Crippen molar-refractivity contribution < 1.29 is 19.0 Å². The van der Waals surface area contributed by atoms with Crippen molar-refractivity contribution in [2.45, 2.75) is 19.6 Å². The highest BCUT2D eigenvalue weighted by Gasteiger charge is 2.32. The summed E-state index contributed by atoms with van der Waals surface area (Å²) in [5.74, 6) is 1.42. The molecule has 10 heteroatoms. The highest BCUT2D eigenvalue weighted by atomic mass is 79.9. The predicted molar refractivity (Wildman–Crippen MR) is 183 cm³/mol. The molecule has 1 aliphatic heterocycles. The second-order valence-electron chi connectivity index (χ2n) is 10.5. The van der Waals surface area contributed by atoms with E-state index in [0.717, 1.165) is 21.2 Å². The van der Waals surface area contributed by atoms with Crippen LogP contribution in [0, 0.1) is 0 Å². The van der Waals surface area contributed by atoms with E-state index in [2.05, 4.69) is 21.2 Å². The van der Waals surface area contributed by atoms with E-state index >= 15 is 0 Å². The molecule has 0 spiro atoms. The number of hydrogen-bond acceptors (Lipinski definition) is 7. The van der Waals surface area contributed by atoms with Crippen molar-refractivity contribution in [1.29, 1.82) is 0 Å². The van der Waals surface area contributed by atoms with Crippen LogP contribution in [0.25, 0.3) is 6.08 Å². The number of para-hydroxylation sites is 1. The summed E-state index contributed by atoms with van der Waals surface area (Å²) in [6.07, 6.45) is 1.80. The van der Waals surface area contributed by atoms with Gasteiger partial charge in [-0.05, 0) is 78.2 Å². The molecule has 2 heterocycles. The Morgan fingerprint density at radius 3 is 2.48 bits per heavy atom. The van der Waals surface area contributed by atoms with Gasteiger partial charge in [-0.15, -0.1) is 0 Å². The normalized spacial score (nSPS) is 14.3. The molecule has 1 atom stereocenters. The third-order valence-corrected chi connectivity index (χ3v) is 9.01. The van der Waals surface area contributed by atoms with Gasteiger partial charge in [0.25, 0.3) is 11.5 Å². The van der Waals surface area contributed by atoms with Crippen molar-refractivity contribution in [3.63, 3.8) is 0 Å². The lowest BCUT2D eigenvalue weighted by Crippen LogP contribution is -2.40. The molecule has 1 amide bonds. The van der Waals surface area contributed by atoms with Crippen molar-refractivity contribution in [2.24, 2.45) is 4.99 Å². The van der Waals surface area contributed by atoms with Crippen LogP contribution in [0.1, 0.15) is 29.7 Å². The van der Waals surface area contributed by atoms with Crippen LogP contribution in [0.4, 0.5) is 5.69 Å². The summed E-state index contributed by atoms with van der Waals surface area (Å²) in [5.41, 5.74) is 3.81. The van der Waals surface area contributed by atoms with Gasteiger partial charge >= 0.3 is 0 Å². The second kappa shape index (κ2) is 13.6. The predicted octanol–water partition coefficient (Wildman–Crippen LogP) is 6.23. The molecule has 1 N–H and O–H groups in total. The first-order valence-electron chi connectivity index (χ1n) is 14.4.